The van der Waals surface area contributed by atoms with Crippen molar-refractivity contribution in [2.45, 2.75) is 12.8 Å². The highest BCUT2D eigenvalue weighted by atomic mass is 19.4. The predicted octanol–water partition coefficient (Wildman–Crippen LogP) is 3.84. The minimum absolute atomic E-state index is 0.0559. The standard InChI is InChI=1S/C18H14F5NO4/c19-13-5-6-15(14(20)7-13)24-16(25)9-28-17(26)12-3-1-11(2-4-12)8-27-10-18(21,22)23/h1-7H,8-10H2,(H,24,25). The maximum absolute atomic E-state index is 13.4. The molecule has 5 nitrogen and oxygen atoms in total. The number of amides is 1. The Kier molecular flexibility index (Phi) is 7.05. The van der Waals surface area contributed by atoms with E-state index in [0.29, 0.717) is 11.6 Å². The lowest BCUT2D eigenvalue weighted by Gasteiger charge is -2.09. The van der Waals surface area contributed by atoms with Crippen LogP contribution in [-0.2, 0) is 20.9 Å². The summed E-state index contributed by atoms with van der Waals surface area (Å²) in [5, 5.41) is 2.12. The highest BCUT2D eigenvalue weighted by Crippen LogP contribution is 2.16. The van der Waals surface area contributed by atoms with Crippen LogP contribution in [0.1, 0.15) is 15.9 Å². The largest absolute Gasteiger partial charge is 0.452 e. The number of ether oxygens (including phenoxy) is 2. The molecule has 10 heteroatoms. The number of carbonyl (C=O) groups excluding carboxylic acids is 2. The molecule has 0 aliphatic rings. The third-order valence-corrected chi connectivity index (χ3v) is 3.26. The lowest BCUT2D eigenvalue weighted by Crippen LogP contribution is -2.21. The molecular formula is C18H14F5NO4. The van der Waals surface area contributed by atoms with Gasteiger partial charge in [0.05, 0.1) is 17.9 Å². The van der Waals surface area contributed by atoms with Crippen LogP contribution < -0.4 is 5.32 Å². The molecule has 0 spiro atoms. The van der Waals surface area contributed by atoms with Gasteiger partial charge in [0.25, 0.3) is 5.91 Å². The van der Waals surface area contributed by atoms with Crippen LogP contribution >= 0.6 is 0 Å². The normalized spacial score (nSPS) is 11.2. The molecule has 0 aliphatic carbocycles. The van der Waals surface area contributed by atoms with Gasteiger partial charge in [0, 0.05) is 6.07 Å². The highest BCUT2D eigenvalue weighted by Gasteiger charge is 2.27. The second-order valence-corrected chi connectivity index (χ2v) is 5.55. The van der Waals surface area contributed by atoms with Gasteiger partial charge in [0.15, 0.2) is 6.61 Å². The van der Waals surface area contributed by atoms with Gasteiger partial charge in [-0.2, -0.15) is 13.2 Å². The molecule has 0 unspecified atom stereocenters. The summed E-state index contributed by atoms with van der Waals surface area (Å²) in [6, 6.07) is 7.90. The lowest BCUT2D eigenvalue weighted by atomic mass is 10.1. The number of esters is 1. The number of carbonyl (C=O) groups is 2. The van der Waals surface area contributed by atoms with Crippen molar-refractivity contribution in [3.8, 4) is 0 Å². The number of anilines is 1. The summed E-state index contributed by atoms with van der Waals surface area (Å²) < 4.78 is 71.5. The highest BCUT2D eigenvalue weighted by molar-refractivity contribution is 5.95. The van der Waals surface area contributed by atoms with E-state index < -0.39 is 42.9 Å². The van der Waals surface area contributed by atoms with Gasteiger partial charge in [-0.1, -0.05) is 12.1 Å². The molecule has 0 aliphatic heterocycles. The second-order valence-electron chi connectivity index (χ2n) is 5.55. The maximum Gasteiger partial charge on any atom is 0.411 e. The number of rotatable bonds is 7. The molecular weight excluding hydrogens is 389 g/mol. The molecule has 150 valence electrons. The van der Waals surface area contributed by atoms with Crippen molar-refractivity contribution in [1.82, 2.24) is 0 Å². The van der Waals surface area contributed by atoms with Crippen LogP contribution in [0, 0.1) is 11.6 Å². The van der Waals surface area contributed by atoms with E-state index in [2.05, 4.69) is 10.1 Å². The van der Waals surface area contributed by atoms with E-state index >= 15 is 0 Å². The van der Waals surface area contributed by atoms with E-state index in [9.17, 15) is 31.5 Å². The number of nitrogens with one attached hydrogen (secondary N) is 1. The van der Waals surface area contributed by atoms with Crippen LogP contribution in [0.2, 0.25) is 0 Å². The van der Waals surface area contributed by atoms with Crippen LogP contribution in [0.5, 0.6) is 0 Å². The van der Waals surface area contributed by atoms with Gasteiger partial charge in [-0.25, -0.2) is 13.6 Å². The van der Waals surface area contributed by atoms with Crippen molar-refractivity contribution in [3.63, 3.8) is 0 Å². The van der Waals surface area contributed by atoms with Gasteiger partial charge >= 0.3 is 12.1 Å². The molecule has 0 heterocycles. The Bertz CT molecular complexity index is 837. The molecule has 0 radical (unpaired) electrons. The van der Waals surface area contributed by atoms with Gasteiger partial charge in [-0.3, -0.25) is 4.79 Å². The monoisotopic (exact) mass is 403 g/mol. The second kappa shape index (κ2) is 9.27. The molecule has 0 bridgehead atoms. The number of halogens is 5. The summed E-state index contributed by atoms with van der Waals surface area (Å²) >= 11 is 0. The van der Waals surface area contributed by atoms with Gasteiger partial charge in [-0.05, 0) is 29.8 Å². The topological polar surface area (TPSA) is 64.6 Å². The van der Waals surface area contributed by atoms with Crippen molar-refractivity contribution in [2.24, 2.45) is 0 Å². The summed E-state index contributed by atoms with van der Waals surface area (Å²) in [6.07, 6.45) is -4.43. The first-order valence-corrected chi connectivity index (χ1v) is 7.79. The van der Waals surface area contributed by atoms with Crippen LogP contribution in [0.25, 0.3) is 0 Å². The zero-order valence-corrected chi connectivity index (χ0v) is 14.2. The fourth-order valence-corrected chi connectivity index (χ4v) is 2.01. The molecule has 2 rings (SSSR count). The Labute approximate surface area is 156 Å². The minimum Gasteiger partial charge on any atom is -0.452 e. The molecule has 0 saturated heterocycles. The van der Waals surface area contributed by atoms with E-state index in [-0.39, 0.29) is 17.9 Å². The summed E-state index contributed by atoms with van der Waals surface area (Å²) in [7, 11) is 0. The fourth-order valence-electron chi connectivity index (χ4n) is 2.01. The Balaban J connectivity index is 1.81. The van der Waals surface area contributed by atoms with E-state index in [0.717, 1.165) is 12.1 Å². The molecule has 28 heavy (non-hydrogen) atoms. The van der Waals surface area contributed by atoms with E-state index in [1.807, 2.05) is 0 Å². The predicted molar refractivity (Wildman–Crippen MR) is 87.4 cm³/mol. The zero-order valence-electron chi connectivity index (χ0n) is 14.2. The summed E-state index contributed by atoms with van der Waals surface area (Å²) in [4.78, 5) is 23.5. The Hall–Kier alpha value is -3.01. The van der Waals surface area contributed by atoms with E-state index in [4.69, 9.17) is 4.74 Å². The van der Waals surface area contributed by atoms with E-state index in [1.165, 1.54) is 24.3 Å². The number of hydrogen-bond donors (Lipinski definition) is 1. The fraction of sp³-hybridized carbons (Fsp3) is 0.222. The van der Waals surface area contributed by atoms with Gasteiger partial charge in [0.2, 0.25) is 0 Å². The Morgan fingerprint density at radius 3 is 2.29 bits per heavy atom. The van der Waals surface area contributed by atoms with Crippen LogP contribution in [0.4, 0.5) is 27.6 Å². The molecule has 0 saturated carbocycles. The smallest absolute Gasteiger partial charge is 0.411 e. The van der Waals surface area contributed by atoms with Crippen molar-refractivity contribution in [3.05, 3.63) is 65.2 Å². The zero-order chi connectivity index (χ0) is 20.7. The van der Waals surface area contributed by atoms with Crippen molar-refractivity contribution in [1.29, 1.82) is 0 Å². The average Bonchev–Trinajstić information content (AvgIpc) is 2.61. The third-order valence-electron chi connectivity index (χ3n) is 3.26. The SMILES string of the molecule is O=C(COC(=O)c1ccc(COCC(F)(F)F)cc1)Nc1ccc(F)cc1F. The van der Waals surface area contributed by atoms with Crippen LogP contribution in [0.15, 0.2) is 42.5 Å². The van der Waals surface area contributed by atoms with E-state index in [1.54, 1.807) is 0 Å². The Morgan fingerprint density at radius 1 is 1.00 bits per heavy atom. The first-order chi connectivity index (χ1) is 13.1. The lowest BCUT2D eigenvalue weighted by molar-refractivity contribution is -0.176. The third kappa shape index (κ3) is 6.95. The number of benzene rings is 2. The number of alkyl halides is 3. The molecule has 0 atom stereocenters. The molecule has 2 aromatic rings. The average molecular weight is 403 g/mol. The maximum atomic E-state index is 13.4. The van der Waals surface area contributed by atoms with Crippen LogP contribution in [0.3, 0.4) is 0 Å². The van der Waals surface area contributed by atoms with Gasteiger partial charge in [-0.15, -0.1) is 0 Å². The van der Waals surface area contributed by atoms with Crippen LogP contribution in [-0.4, -0.2) is 31.3 Å². The first-order valence-electron chi connectivity index (χ1n) is 7.79. The molecule has 1 N–H and O–H groups in total. The summed E-state index contributed by atoms with van der Waals surface area (Å²) in [5.74, 6) is -3.49. The number of hydrogen-bond acceptors (Lipinski definition) is 4. The van der Waals surface area contributed by atoms with Gasteiger partial charge in [0.1, 0.15) is 18.2 Å². The first kappa shape index (κ1) is 21.3. The summed E-state index contributed by atoms with van der Waals surface area (Å²) in [6.45, 7) is -2.40. The molecule has 1 amide bonds. The quantitative estimate of drug-likeness (QED) is 0.564. The molecule has 0 aromatic heterocycles. The molecule has 0 fully saturated rings. The minimum atomic E-state index is -4.43. The van der Waals surface area contributed by atoms with Crippen molar-refractivity contribution < 1.29 is 41.0 Å². The van der Waals surface area contributed by atoms with Crippen molar-refractivity contribution >= 4 is 17.6 Å². The van der Waals surface area contributed by atoms with Crippen molar-refractivity contribution in [2.75, 3.05) is 18.5 Å². The van der Waals surface area contributed by atoms with Gasteiger partial charge < -0.3 is 14.8 Å². The molecule has 2 aromatic carbocycles. The summed E-state index contributed by atoms with van der Waals surface area (Å²) in [5.41, 5.74) is 0.191. The Morgan fingerprint density at radius 2 is 1.68 bits per heavy atom.